The largest absolute Gasteiger partial charge is 0.475 e. The van der Waals surface area contributed by atoms with Crippen LogP contribution in [-0.2, 0) is 9.53 Å². The van der Waals surface area contributed by atoms with Crippen LogP contribution in [0.4, 0.5) is 0 Å². The van der Waals surface area contributed by atoms with Gasteiger partial charge in [-0.25, -0.2) is 4.79 Å². The van der Waals surface area contributed by atoms with E-state index in [-0.39, 0.29) is 17.9 Å². The molecule has 0 aromatic heterocycles. The Kier molecular flexibility index (Phi) is 2.24. The summed E-state index contributed by atoms with van der Waals surface area (Å²) in [5, 5.41) is 8.48. The molecule has 0 amide bonds. The zero-order chi connectivity index (χ0) is 8.43. The molecule has 1 unspecified atom stereocenters. The number of aliphatic carboxylic acids is 1. The zero-order valence-corrected chi connectivity index (χ0v) is 6.71. The van der Waals surface area contributed by atoms with E-state index in [0.29, 0.717) is 0 Å². The third kappa shape index (κ3) is 1.57. The van der Waals surface area contributed by atoms with Gasteiger partial charge in [-0.15, -0.1) is 11.6 Å². The number of carbonyl (C=O) groups is 1. The Morgan fingerprint density at radius 2 is 2.64 bits per heavy atom. The summed E-state index contributed by atoms with van der Waals surface area (Å²) in [5.41, 5.74) is 0. The van der Waals surface area contributed by atoms with Gasteiger partial charge in [0.05, 0.1) is 12.1 Å². The van der Waals surface area contributed by atoms with E-state index in [0.717, 1.165) is 0 Å². The van der Waals surface area contributed by atoms with Crippen LogP contribution in [0.5, 0.6) is 0 Å². The van der Waals surface area contributed by atoms with E-state index in [4.69, 9.17) is 21.4 Å². The van der Waals surface area contributed by atoms with Gasteiger partial charge in [0.15, 0.2) is 6.23 Å². The number of hydrogen-bond donors (Lipinski definition) is 1. The van der Waals surface area contributed by atoms with Crippen molar-refractivity contribution in [1.82, 2.24) is 4.90 Å². The second kappa shape index (κ2) is 3.00. The van der Waals surface area contributed by atoms with Gasteiger partial charge in [-0.3, -0.25) is 0 Å². The van der Waals surface area contributed by atoms with Gasteiger partial charge in [0.1, 0.15) is 0 Å². The first kappa shape index (κ1) is 8.20. The van der Waals surface area contributed by atoms with Gasteiger partial charge in [0.25, 0.3) is 0 Å². The van der Waals surface area contributed by atoms with Crippen LogP contribution in [0.25, 0.3) is 0 Å². The van der Waals surface area contributed by atoms with Gasteiger partial charge < -0.3 is 14.7 Å². The zero-order valence-electron chi connectivity index (χ0n) is 5.95. The van der Waals surface area contributed by atoms with Crippen LogP contribution in [0.1, 0.15) is 0 Å². The third-order valence-electron chi connectivity index (χ3n) is 1.38. The molecule has 0 aliphatic carbocycles. The number of carboxylic acid groups (broad SMARTS) is 1. The molecule has 1 N–H and O–H groups in total. The van der Waals surface area contributed by atoms with E-state index < -0.39 is 5.97 Å². The monoisotopic (exact) mass is 177 g/mol. The Morgan fingerprint density at radius 1 is 2.00 bits per heavy atom. The first-order valence-corrected chi connectivity index (χ1v) is 3.58. The maximum absolute atomic E-state index is 10.3. The third-order valence-corrected chi connectivity index (χ3v) is 1.64. The molecule has 5 heteroatoms. The van der Waals surface area contributed by atoms with Crippen LogP contribution in [0, 0.1) is 0 Å². The van der Waals surface area contributed by atoms with Crippen molar-refractivity contribution in [2.45, 2.75) is 6.23 Å². The lowest BCUT2D eigenvalue weighted by atomic mass is 10.5. The second-order valence-corrected chi connectivity index (χ2v) is 2.50. The molecule has 62 valence electrons. The van der Waals surface area contributed by atoms with Crippen molar-refractivity contribution in [1.29, 1.82) is 0 Å². The predicted molar refractivity (Wildman–Crippen MR) is 39.1 cm³/mol. The number of rotatable bonds is 2. The molecule has 1 atom stereocenters. The Labute approximate surface area is 69.0 Å². The Bertz CT molecular complexity index is 204. The topological polar surface area (TPSA) is 49.8 Å². The van der Waals surface area contributed by atoms with Crippen molar-refractivity contribution >= 4 is 17.6 Å². The first-order chi connectivity index (χ1) is 5.15. The summed E-state index contributed by atoms with van der Waals surface area (Å²) in [5.74, 6) is -0.869. The average molecular weight is 178 g/mol. The molecule has 1 rings (SSSR count). The number of halogens is 1. The van der Waals surface area contributed by atoms with E-state index >= 15 is 0 Å². The number of alkyl halides is 1. The number of ether oxygens (including phenoxy) is 1. The quantitative estimate of drug-likeness (QED) is 0.622. The lowest BCUT2D eigenvalue weighted by Gasteiger charge is -2.15. The summed E-state index contributed by atoms with van der Waals surface area (Å²) < 4.78 is 4.94. The lowest BCUT2D eigenvalue weighted by molar-refractivity contribution is -0.137. The van der Waals surface area contributed by atoms with E-state index in [2.05, 4.69) is 0 Å². The van der Waals surface area contributed by atoms with Gasteiger partial charge in [0.2, 0.25) is 5.76 Å². The predicted octanol–water partition coefficient (Wildman–Crippen LogP) is 0.439. The summed E-state index contributed by atoms with van der Waals surface area (Å²) in [4.78, 5) is 12.0. The maximum Gasteiger partial charge on any atom is 0.372 e. The van der Waals surface area contributed by atoms with Crippen LogP contribution in [0.2, 0.25) is 0 Å². The van der Waals surface area contributed by atoms with Gasteiger partial charge in [0, 0.05) is 7.05 Å². The van der Waals surface area contributed by atoms with Crippen molar-refractivity contribution in [3.8, 4) is 0 Å². The van der Waals surface area contributed by atoms with Gasteiger partial charge >= 0.3 is 5.97 Å². The smallest absolute Gasteiger partial charge is 0.372 e. The number of nitrogens with zero attached hydrogens (tertiary/aromatic N) is 1. The van der Waals surface area contributed by atoms with Crippen molar-refractivity contribution < 1.29 is 14.6 Å². The van der Waals surface area contributed by atoms with Crippen LogP contribution in [0.15, 0.2) is 12.0 Å². The van der Waals surface area contributed by atoms with E-state index in [1.807, 2.05) is 0 Å². The first-order valence-electron chi connectivity index (χ1n) is 3.05. The molecule has 0 saturated heterocycles. The average Bonchev–Trinajstić information content (AvgIpc) is 2.31. The molecule has 0 aromatic carbocycles. The summed E-state index contributed by atoms with van der Waals surface area (Å²) in [7, 11) is 1.71. The fourth-order valence-corrected chi connectivity index (χ4v) is 1.05. The fourth-order valence-electron chi connectivity index (χ4n) is 0.774. The molecule has 11 heavy (non-hydrogen) atoms. The highest BCUT2D eigenvalue weighted by Crippen LogP contribution is 2.16. The van der Waals surface area contributed by atoms with Crippen molar-refractivity contribution in [2.24, 2.45) is 0 Å². The Balaban J connectivity index is 2.63. The van der Waals surface area contributed by atoms with Gasteiger partial charge in [-0.2, -0.15) is 0 Å². The fraction of sp³-hybridized carbons (Fsp3) is 0.500. The molecule has 0 spiro atoms. The molecule has 0 aromatic rings. The minimum Gasteiger partial charge on any atom is -0.475 e. The minimum atomic E-state index is -1.07. The maximum atomic E-state index is 10.3. The summed E-state index contributed by atoms with van der Waals surface area (Å²) >= 11 is 5.48. The standard InChI is InChI=1S/C6H8ClNO3/c1-8-3-4(6(9)10)11-5(8)2-7/h3,5H,2H2,1H3,(H,9,10). The second-order valence-electron chi connectivity index (χ2n) is 2.19. The Morgan fingerprint density at radius 3 is 2.91 bits per heavy atom. The van der Waals surface area contributed by atoms with Crippen molar-refractivity contribution in [2.75, 3.05) is 12.9 Å². The summed E-state index contributed by atoms with van der Waals surface area (Å²) in [6, 6.07) is 0. The molecule has 0 radical (unpaired) electrons. The van der Waals surface area contributed by atoms with Crippen LogP contribution in [-0.4, -0.2) is 35.1 Å². The van der Waals surface area contributed by atoms with Gasteiger partial charge in [-0.1, -0.05) is 0 Å². The highest BCUT2D eigenvalue weighted by molar-refractivity contribution is 6.18. The van der Waals surface area contributed by atoms with Crippen molar-refractivity contribution in [3.05, 3.63) is 12.0 Å². The molecule has 0 fully saturated rings. The highest BCUT2D eigenvalue weighted by atomic mass is 35.5. The molecule has 0 saturated carbocycles. The van der Waals surface area contributed by atoms with Crippen LogP contribution >= 0.6 is 11.6 Å². The van der Waals surface area contributed by atoms with Crippen molar-refractivity contribution in [3.63, 3.8) is 0 Å². The molecule has 1 heterocycles. The number of hydrogen-bond acceptors (Lipinski definition) is 3. The van der Waals surface area contributed by atoms with E-state index in [9.17, 15) is 4.79 Å². The lowest BCUT2D eigenvalue weighted by Crippen LogP contribution is -2.25. The van der Waals surface area contributed by atoms with E-state index in [1.165, 1.54) is 6.20 Å². The molecule has 1 aliphatic heterocycles. The normalized spacial score (nSPS) is 22.9. The molecular weight excluding hydrogens is 170 g/mol. The summed E-state index contributed by atoms with van der Waals surface area (Å²) in [6.45, 7) is 0. The molecule has 0 bridgehead atoms. The number of carboxylic acids is 1. The van der Waals surface area contributed by atoms with Crippen LogP contribution < -0.4 is 0 Å². The molecule has 4 nitrogen and oxygen atoms in total. The van der Waals surface area contributed by atoms with Gasteiger partial charge in [-0.05, 0) is 0 Å². The highest BCUT2D eigenvalue weighted by Gasteiger charge is 2.25. The summed E-state index contributed by atoms with van der Waals surface area (Å²) in [6.07, 6.45) is 1.07. The molecule has 1 aliphatic rings. The minimum absolute atomic E-state index is 0.0573. The van der Waals surface area contributed by atoms with E-state index in [1.54, 1.807) is 11.9 Å². The van der Waals surface area contributed by atoms with Crippen LogP contribution in [0.3, 0.4) is 0 Å². The SMILES string of the molecule is CN1C=C(C(=O)O)OC1CCl. The molecular formula is C6H8ClNO3. The Hall–Kier alpha value is -0.900.